The molecular formula is C22H29N3O5S. The van der Waals surface area contributed by atoms with Gasteiger partial charge in [0.05, 0.1) is 16.9 Å². The van der Waals surface area contributed by atoms with Gasteiger partial charge in [0, 0.05) is 18.7 Å². The van der Waals surface area contributed by atoms with Crippen molar-refractivity contribution in [3.8, 4) is 0 Å². The molecule has 0 bridgehead atoms. The maximum Gasteiger partial charge on any atom is 0.271 e. The standard InChI is InChI=1S/C22H29N3O5S/c1-16(2)19-12-10-18(11-13-19)7-6-14-23-22(26)17(3)24(31(4,29)30)20-8-5-9-21(15-20)25(27)28/h5,8-13,15-17H,6-7,14H2,1-4H3,(H,23,26)/t17-/m1/s1. The summed E-state index contributed by atoms with van der Waals surface area (Å²) >= 11 is 0. The summed E-state index contributed by atoms with van der Waals surface area (Å²) in [6.07, 6.45) is 2.46. The van der Waals surface area contributed by atoms with Crippen molar-refractivity contribution in [1.29, 1.82) is 0 Å². The molecule has 0 saturated carbocycles. The number of nitro groups is 1. The Morgan fingerprint density at radius 3 is 2.32 bits per heavy atom. The molecule has 0 aliphatic rings. The number of anilines is 1. The highest BCUT2D eigenvalue weighted by molar-refractivity contribution is 7.92. The SMILES string of the molecule is CC(C)c1ccc(CCCNC(=O)[C@@H](C)N(c2cccc([N+](=O)[O-])c2)S(C)(=O)=O)cc1. The van der Waals surface area contributed by atoms with Crippen LogP contribution >= 0.6 is 0 Å². The van der Waals surface area contributed by atoms with E-state index in [2.05, 4.69) is 43.4 Å². The van der Waals surface area contributed by atoms with Crippen molar-refractivity contribution in [3.63, 3.8) is 0 Å². The van der Waals surface area contributed by atoms with E-state index in [1.54, 1.807) is 0 Å². The first-order chi connectivity index (χ1) is 14.5. The van der Waals surface area contributed by atoms with Gasteiger partial charge in [-0.05, 0) is 42.9 Å². The minimum Gasteiger partial charge on any atom is -0.354 e. The molecule has 0 radical (unpaired) electrons. The number of sulfonamides is 1. The van der Waals surface area contributed by atoms with Gasteiger partial charge in [0.15, 0.2) is 0 Å². The van der Waals surface area contributed by atoms with Crippen molar-refractivity contribution in [2.75, 3.05) is 17.1 Å². The summed E-state index contributed by atoms with van der Waals surface area (Å²) in [4.78, 5) is 23.0. The molecule has 1 N–H and O–H groups in total. The van der Waals surface area contributed by atoms with Gasteiger partial charge in [0.1, 0.15) is 6.04 Å². The molecule has 0 heterocycles. The average Bonchev–Trinajstić information content (AvgIpc) is 2.70. The number of hydrogen-bond acceptors (Lipinski definition) is 5. The van der Waals surface area contributed by atoms with Gasteiger partial charge in [0.25, 0.3) is 5.69 Å². The van der Waals surface area contributed by atoms with E-state index in [0.717, 1.165) is 23.0 Å². The Morgan fingerprint density at radius 1 is 1.13 bits per heavy atom. The quantitative estimate of drug-likeness (QED) is 0.340. The number of benzene rings is 2. The summed E-state index contributed by atoms with van der Waals surface area (Å²) in [5.41, 5.74) is 2.26. The molecule has 0 aliphatic carbocycles. The molecule has 1 atom stereocenters. The molecule has 2 aromatic rings. The Labute approximate surface area is 183 Å². The first-order valence-corrected chi connectivity index (χ1v) is 12.0. The van der Waals surface area contributed by atoms with Crippen LogP contribution in [0.2, 0.25) is 0 Å². The van der Waals surface area contributed by atoms with E-state index >= 15 is 0 Å². The lowest BCUT2D eigenvalue weighted by Crippen LogP contribution is -2.48. The zero-order valence-electron chi connectivity index (χ0n) is 18.2. The topological polar surface area (TPSA) is 110 Å². The lowest BCUT2D eigenvalue weighted by Gasteiger charge is -2.28. The van der Waals surface area contributed by atoms with Crippen molar-refractivity contribution >= 4 is 27.3 Å². The third-order valence-corrected chi connectivity index (χ3v) is 6.21. The van der Waals surface area contributed by atoms with Crippen LogP contribution < -0.4 is 9.62 Å². The highest BCUT2D eigenvalue weighted by atomic mass is 32.2. The van der Waals surface area contributed by atoms with Gasteiger partial charge >= 0.3 is 0 Å². The molecule has 1 amide bonds. The lowest BCUT2D eigenvalue weighted by atomic mass is 10.0. The summed E-state index contributed by atoms with van der Waals surface area (Å²) in [7, 11) is -3.84. The van der Waals surface area contributed by atoms with Gasteiger partial charge in [-0.3, -0.25) is 19.2 Å². The van der Waals surface area contributed by atoms with Crippen LogP contribution in [0, 0.1) is 10.1 Å². The number of carbonyl (C=O) groups excluding carboxylic acids is 1. The number of non-ortho nitro benzene ring substituents is 1. The number of rotatable bonds is 10. The fourth-order valence-electron chi connectivity index (χ4n) is 3.27. The minimum atomic E-state index is -3.84. The van der Waals surface area contributed by atoms with Crippen molar-refractivity contribution in [3.05, 3.63) is 69.8 Å². The lowest BCUT2D eigenvalue weighted by molar-refractivity contribution is -0.384. The van der Waals surface area contributed by atoms with Crippen molar-refractivity contribution in [2.45, 2.75) is 45.6 Å². The summed E-state index contributed by atoms with van der Waals surface area (Å²) in [6, 6.07) is 12.5. The third-order valence-electron chi connectivity index (χ3n) is 4.97. The molecule has 168 valence electrons. The Hall–Kier alpha value is -2.94. The van der Waals surface area contributed by atoms with E-state index in [-0.39, 0.29) is 11.4 Å². The van der Waals surface area contributed by atoms with Crippen LogP contribution in [0.3, 0.4) is 0 Å². The number of carbonyl (C=O) groups is 1. The summed E-state index contributed by atoms with van der Waals surface area (Å²) in [6.45, 7) is 6.12. The van der Waals surface area contributed by atoms with Gasteiger partial charge in [-0.25, -0.2) is 8.42 Å². The highest BCUT2D eigenvalue weighted by Gasteiger charge is 2.29. The van der Waals surface area contributed by atoms with E-state index in [0.29, 0.717) is 18.9 Å². The number of hydrogen-bond donors (Lipinski definition) is 1. The Morgan fingerprint density at radius 2 is 1.77 bits per heavy atom. The molecule has 0 spiro atoms. The van der Waals surface area contributed by atoms with E-state index < -0.39 is 26.9 Å². The summed E-state index contributed by atoms with van der Waals surface area (Å²) < 4.78 is 25.6. The van der Waals surface area contributed by atoms with Crippen LogP contribution in [-0.4, -0.2) is 38.1 Å². The van der Waals surface area contributed by atoms with E-state index in [9.17, 15) is 23.3 Å². The normalized spacial score (nSPS) is 12.4. The molecule has 0 unspecified atom stereocenters. The largest absolute Gasteiger partial charge is 0.354 e. The van der Waals surface area contributed by atoms with Crippen LogP contribution in [0.4, 0.5) is 11.4 Å². The van der Waals surface area contributed by atoms with Crippen LogP contribution in [0.25, 0.3) is 0 Å². The number of amides is 1. The summed E-state index contributed by atoms with van der Waals surface area (Å²) in [5, 5.41) is 13.8. The van der Waals surface area contributed by atoms with Crippen molar-refractivity contribution < 1.29 is 18.1 Å². The highest BCUT2D eigenvalue weighted by Crippen LogP contribution is 2.25. The molecule has 8 nitrogen and oxygen atoms in total. The predicted octanol–water partition coefficient (Wildman–Crippen LogP) is 3.62. The number of nitrogens with one attached hydrogen (secondary N) is 1. The first kappa shape index (κ1) is 24.3. The first-order valence-electron chi connectivity index (χ1n) is 10.1. The molecule has 0 aromatic heterocycles. The maximum atomic E-state index is 12.6. The van der Waals surface area contributed by atoms with Crippen molar-refractivity contribution in [2.24, 2.45) is 0 Å². The molecule has 2 rings (SSSR count). The van der Waals surface area contributed by atoms with Crippen LogP contribution in [-0.2, 0) is 21.2 Å². The molecule has 0 fully saturated rings. The minimum absolute atomic E-state index is 0.0737. The van der Waals surface area contributed by atoms with E-state index in [1.165, 1.54) is 36.2 Å². The molecule has 0 aliphatic heterocycles. The molecular weight excluding hydrogens is 418 g/mol. The Balaban J connectivity index is 2.00. The van der Waals surface area contributed by atoms with Gasteiger partial charge in [-0.1, -0.05) is 44.2 Å². The van der Waals surface area contributed by atoms with Crippen LogP contribution in [0.15, 0.2) is 48.5 Å². The van der Waals surface area contributed by atoms with Gasteiger partial charge in [0.2, 0.25) is 15.9 Å². The number of nitrogens with zero attached hydrogens (tertiary/aromatic N) is 2. The van der Waals surface area contributed by atoms with Gasteiger partial charge in [-0.2, -0.15) is 0 Å². The summed E-state index contributed by atoms with van der Waals surface area (Å²) in [5.74, 6) is 0.00533. The second-order valence-corrected chi connectivity index (χ2v) is 9.66. The molecule has 2 aromatic carbocycles. The van der Waals surface area contributed by atoms with Crippen molar-refractivity contribution in [1.82, 2.24) is 5.32 Å². The van der Waals surface area contributed by atoms with E-state index in [4.69, 9.17) is 0 Å². The zero-order valence-corrected chi connectivity index (χ0v) is 19.1. The number of aryl methyl sites for hydroxylation is 1. The van der Waals surface area contributed by atoms with Crippen LogP contribution in [0.5, 0.6) is 0 Å². The Bertz CT molecular complexity index is 1020. The smallest absolute Gasteiger partial charge is 0.271 e. The maximum absolute atomic E-state index is 12.6. The third kappa shape index (κ3) is 6.78. The monoisotopic (exact) mass is 447 g/mol. The fraction of sp³-hybridized carbons (Fsp3) is 0.409. The van der Waals surface area contributed by atoms with E-state index in [1.807, 2.05) is 0 Å². The fourth-order valence-corrected chi connectivity index (χ4v) is 4.44. The second-order valence-electron chi connectivity index (χ2n) is 7.80. The second kappa shape index (κ2) is 10.4. The molecule has 31 heavy (non-hydrogen) atoms. The number of nitro benzene ring substituents is 1. The van der Waals surface area contributed by atoms with Gasteiger partial charge < -0.3 is 5.32 Å². The zero-order chi connectivity index (χ0) is 23.2. The Kier molecular flexibility index (Phi) is 8.15. The molecule has 0 saturated heterocycles. The van der Waals surface area contributed by atoms with Gasteiger partial charge in [-0.15, -0.1) is 0 Å². The molecule has 9 heteroatoms. The van der Waals surface area contributed by atoms with Crippen LogP contribution in [0.1, 0.15) is 44.2 Å². The average molecular weight is 448 g/mol. The predicted molar refractivity (Wildman–Crippen MR) is 122 cm³/mol.